The molecular formula is C11H15B2N. The van der Waals surface area contributed by atoms with Crippen molar-refractivity contribution in [3.05, 3.63) is 34.9 Å². The van der Waals surface area contributed by atoms with E-state index in [1.54, 1.807) is 0 Å². The van der Waals surface area contributed by atoms with Gasteiger partial charge in [-0.3, -0.25) is 0 Å². The van der Waals surface area contributed by atoms with Crippen molar-refractivity contribution in [3.8, 4) is 0 Å². The molecule has 3 heteroatoms. The van der Waals surface area contributed by atoms with Crippen molar-refractivity contribution in [2.45, 2.75) is 26.8 Å². The molecule has 0 aliphatic carbocycles. The van der Waals surface area contributed by atoms with E-state index in [2.05, 4.69) is 25.7 Å². The van der Waals surface area contributed by atoms with Crippen LogP contribution in [-0.4, -0.2) is 21.7 Å². The van der Waals surface area contributed by atoms with E-state index in [1.807, 2.05) is 13.0 Å². The predicted octanol–water partition coefficient (Wildman–Crippen LogP) is 1.62. The largest absolute Gasteiger partial charge is 0.387 e. The summed E-state index contributed by atoms with van der Waals surface area (Å²) in [4.78, 5) is 0. The molecule has 1 aliphatic rings. The van der Waals surface area contributed by atoms with Crippen LogP contribution in [0.25, 0.3) is 0 Å². The lowest BCUT2D eigenvalue weighted by molar-refractivity contribution is 0.636. The van der Waals surface area contributed by atoms with Crippen molar-refractivity contribution in [1.29, 1.82) is 0 Å². The van der Waals surface area contributed by atoms with Gasteiger partial charge >= 0.3 is 0 Å². The fourth-order valence-electron chi connectivity index (χ4n) is 1.74. The molecular weight excluding hydrogens is 168 g/mol. The molecule has 4 radical (unpaired) electrons. The molecule has 0 aromatic rings. The van der Waals surface area contributed by atoms with Crippen molar-refractivity contribution in [1.82, 2.24) is 5.32 Å². The van der Waals surface area contributed by atoms with Crippen LogP contribution in [0.5, 0.6) is 0 Å². The highest BCUT2D eigenvalue weighted by atomic mass is 14.9. The van der Waals surface area contributed by atoms with E-state index in [0.717, 1.165) is 11.0 Å². The van der Waals surface area contributed by atoms with Gasteiger partial charge in [-0.25, -0.2) is 0 Å². The fraction of sp³-hybridized carbons (Fsp3) is 0.455. The maximum Gasteiger partial charge on any atom is 0.138 e. The second kappa shape index (κ2) is 4.12. The van der Waals surface area contributed by atoms with Gasteiger partial charge < -0.3 is 5.32 Å². The SMILES string of the molecule is [B]C1=C(C)C([B])=C(C(C)C)C(C=C)N1. The van der Waals surface area contributed by atoms with E-state index in [-0.39, 0.29) is 6.04 Å². The van der Waals surface area contributed by atoms with E-state index < -0.39 is 0 Å². The second-order valence-electron chi connectivity index (χ2n) is 3.92. The minimum absolute atomic E-state index is 0.0682. The van der Waals surface area contributed by atoms with Crippen LogP contribution in [0.15, 0.2) is 34.9 Å². The predicted molar refractivity (Wildman–Crippen MR) is 63.2 cm³/mol. The molecule has 1 nitrogen and oxygen atoms in total. The standard InChI is InChI=1S/C11H15B2N/c1-5-8-9(6(2)3)10(12)7(4)11(13)14-8/h5-6,8,14H,1H2,2-4H3. The first-order chi connectivity index (χ1) is 6.49. The highest BCUT2D eigenvalue weighted by Crippen LogP contribution is 2.27. The molecule has 0 saturated heterocycles. The summed E-state index contributed by atoms with van der Waals surface area (Å²) in [6.45, 7) is 9.95. The van der Waals surface area contributed by atoms with Gasteiger partial charge in [0, 0.05) is 0 Å². The first kappa shape index (κ1) is 11.2. The molecule has 1 N–H and O–H groups in total. The molecule has 1 atom stereocenters. The highest BCUT2D eigenvalue weighted by molar-refractivity contribution is 6.29. The van der Waals surface area contributed by atoms with Crippen molar-refractivity contribution in [2.24, 2.45) is 5.92 Å². The van der Waals surface area contributed by atoms with Crippen LogP contribution in [0.1, 0.15) is 20.8 Å². The number of hydrogen-bond donors (Lipinski definition) is 1. The Morgan fingerprint density at radius 2 is 2.00 bits per heavy atom. The Balaban J connectivity index is 3.21. The number of dihydropyridines is 1. The maximum absolute atomic E-state index is 6.03. The maximum atomic E-state index is 6.03. The zero-order valence-corrected chi connectivity index (χ0v) is 9.09. The summed E-state index contributed by atoms with van der Waals surface area (Å²) >= 11 is 0. The van der Waals surface area contributed by atoms with Gasteiger partial charge in [0.05, 0.1) is 6.04 Å². The summed E-state index contributed by atoms with van der Waals surface area (Å²) < 4.78 is 0. The molecule has 0 spiro atoms. The van der Waals surface area contributed by atoms with Crippen LogP contribution in [-0.2, 0) is 0 Å². The number of rotatable bonds is 2. The van der Waals surface area contributed by atoms with Crippen molar-refractivity contribution in [3.63, 3.8) is 0 Å². The second-order valence-corrected chi connectivity index (χ2v) is 3.92. The summed E-state index contributed by atoms with van der Waals surface area (Å²) in [5.74, 6) is 0.397. The van der Waals surface area contributed by atoms with E-state index in [0.29, 0.717) is 11.5 Å². The molecule has 0 aromatic carbocycles. The smallest absolute Gasteiger partial charge is 0.138 e. The molecule has 0 aromatic heterocycles. The molecule has 1 aliphatic heterocycles. The van der Waals surface area contributed by atoms with E-state index in [4.69, 9.17) is 15.7 Å². The van der Waals surface area contributed by atoms with E-state index >= 15 is 0 Å². The van der Waals surface area contributed by atoms with Crippen LogP contribution in [0.2, 0.25) is 0 Å². The molecule has 0 saturated carbocycles. The van der Waals surface area contributed by atoms with Crippen molar-refractivity contribution >= 4 is 15.7 Å². The Hall–Kier alpha value is -0.850. The van der Waals surface area contributed by atoms with Crippen molar-refractivity contribution in [2.75, 3.05) is 0 Å². The fourth-order valence-corrected chi connectivity index (χ4v) is 1.74. The lowest BCUT2D eigenvalue weighted by atomic mass is 9.72. The molecule has 0 bridgehead atoms. The van der Waals surface area contributed by atoms with E-state index in [9.17, 15) is 0 Å². The molecule has 1 rings (SSSR count). The van der Waals surface area contributed by atoms with E-state index in [1.165, 1.54) is 5.57 Å². The molecule has 0 amide bonds. The summed E-state index contributed by atoms with van der Waals surface area (Å²) in [5, 5.41) is 3.18. The summed E-state index contributed by atoms with van der Waals surface area (Å²) in [5.41, 5.74) is 3.57. The third kappa shape index (κ3) is 1.82. The monoisotopic (exact) mass is 183 g/mol. The molecule has 70 valence electrons. The summed E-state index contributed by atoms with van der Waals surface area (Å²) in [6.07, 6.45) is 1.83. The van der Waals surface area contributed by atoms with Gasteiger partial charge in [-0.05, 0) is 24.0 Å². The zero-order chi connectivity index (χ0) is 10.9. The van der Waals surface area contributed by atoms with Crippen LogP contribution in [0.3, 0.4) is 0 Å². The average molecular weight is 183 g/mol. The van der Waals surface area contributed by atoms with Crippen molar-refractivity contribution < 1.29 is 0 Å². The average Bonchev–Trinajstić information content (AvgIpc) is 2.12. The first-order valence-electron chi connectivity index (χ1n) is 4.84. The summed E-state index contributed by atoms with van der Waals surface area (Å²) in [6, 6.07) is 0.0682. The zero-order valence-electron chi connectivity index (χ0n) is 9.09. The normalized spacial score (nSPS) is 22.7. The third-order valence-electron chi connectivity index (χ3n) is 2.62. The Morgan fingerprint density at radius 1 is 1.43 bits per heavy atom. The molecule has 14 heavy (non-hydrogen) atoms. The number of hydrogen-bond acceptors (Lipinski definition) is 1. The first-order valence-corrected chi connectivity index (χ1v) is 4.84. The van der Waals surface area contributed by atoms with Crippen LogP contribution in [0.4, 0.5) is 0 Å². The van der Waals surface area contributed by atoms with Crippen LogP contribution in [0, 0.1) is 5.92 Å². The molecule has 1 heterocycles. The van der Waals surface area contributed by atoms with Crippen LogP contribution >= 0.6 is 0 Å². The van der Waals surface area contributed by atoms with Gasteiger partial charge in [0.15, 0.2) is 0 Å². The third-order valence-corrected chi connectivity index (χ3v) is 2.62. The summed E-state index contributed by atoms with van der Waals surface area (Å²) in [7, 11) is 11.8. The quantitative estimate of drug-likeness (QED) is 0.506. The Kier molecular flexibility index (Phi) is 3.30. The van der Waals surface area contributed by atoms with Gasteiger partial charge in [-0.1, -0.05) is 31.0 Å². The minimum atomic E-state index is 0.0682. The van der Waals surface area contributed by atoms with Gasteiger partial charge in [0.2, 0.25) is 0 Å². The van der Waals surface area contributed by atoms with Crippen LogP contribution < -0.4 is 5.32 Å². The van der Waals surface area contributed by atoms with Gasteiger partial charge in [0.1, 0.15) is 15.7 Å². The van der Waals surface area contributed by atoms with Gasteiger partial charge in [-0.15, -0.1) is 6.58 Å². The topological polar surface area (TPSA) is 12.0 Å². The Morgan fingerprint density at radius 3 is 2.43 bits per heavy atom. The Bertz CT molecular complexity index is 313. The molecule has 0 fully saturated rings. The number of nitrogens with one attached hydrogen (secondary N) is 1. The lowest BCUT2D eigenvalue weighted by Crippen LogP contribution is -2.36. The van der Waals surface area contributed by atoms with Gasteiger partial charge in [-0.2, -0.15) is 0 Å². The molecule has 1 unspecified atom stereocenters. The number of allylic oxidation sites excluding steroid dienone is 2. The lowest BCUT2D eigenvalue weighted by Gasteiger charge is -2.32. The highest BCUT2D eigenvalue weighted by Gasteiger charge is 2.21. The van der Waals surface area contributed by atoms with Gasteiger partial charge in [0.25, 0.3) is 0 Å². The minimum Gasteiger partial charge on any atom is -0.387 e. The Labute approximate surface area is 89.2 Å².